The summed E-state index contributed by atoms with van der Waals surface area (Å²) in [5.74, 6) is 1.72. The maximum absolute atomic E-state index is 13.8. The zero-order valence-corrected chi connectivity index (χ0v) is 47.7. The highest BCUT2D eigenvalue weighted by atomic mass is 16.5. The summed E-state index contributed by atoms with van der Waals surface area (Å²) in [7, 11) is 0. The highest BCUT2D eigenvalue weighted by Gasteiger charge is 2.60. The molecule has 2 aromatic rings. The maximum Gasteiger partial charge on any atom is 0.239 e. The van der Waals surface area contributed by atoms with Crippen LogP contribution in [-0.2, 0) is 20.7 Å². The smallest absolute Gasteiger partial charge is 0.239 e. The van der Waals surface area contributed by atoms with Crippen molar-refractivity contribution in [3.63, 3.8) is 0 Å². The molecule has 1 aromatic heterocycles. The van der Waals surface area contributed by atoms with Crippen LogP contribution in [0.3, 0.4) is 0 Å². The van der Waals surface area contributed by atoms with Crippen molar-refractivity contribution in [2.45, 2.75) is 176 Å². The Balaban J connectivity index is 1.14. The molecule has 13 heteroatoms. The van der Waals surface area contributed by atoms with Gasteiger partial charge in [-0.1, -0.05) is 124 Å². The number of ether oxygens (including phenoxy) is 1. The van der Waals surface area contributed by atoms with E-state index in [1.54, 1.807) is 0 Å². The number of primary amides is 1. The predicted molar refractivity (Wildman–Crippen MR) is 313 cm³/mol. The second-order valence-corrected chi connectivity index (χ2v) is 23.4. The Kier molecular flexibility index (Phi) is 21.7. The lowest BCUT2D eigenvalue weighted by Crippen LogP contribution is -2.49. The molecule has 10 N–H and O–H groups in total. The van der Waals surface area contributed by atoms with Crippen molar-refractivity contribution in [3.8, 4) is 0 Å². The van der Waals surface area contributed by atoms with Gasteiger partial charge in [-0.25, -0.2) is 0 Å². The first kappa shape index (κ1) is 59.9. The number of nitrogens with two attached hydrogens (primary N) is 1. The van der Waals surface area contributed by atoms with Crippen molar-refractivity contribution in [2.75, 3.05) is 26.2 Å². The molecule has 13 nitrogen and oxygen atoms in total. The molecule has 2 heterocycles. The van der Waals surface area contributed by atoms with Gasteiger partial charge in [-0.05, 0) is 125 Å². The molecule has 414 valence electrons. The van der Waals surface area contributed by atoms with E-state index in [4.69, 9.17) is 10.5 Å². The van der Waals surface area contributed by atoms with Gasteiger partial charge in [0.1, 0.15) is 6.10 Å². The first-order valence-electron chi connectivity index (χ1n) is 28.0. The second-order valence-electron chi connectivity index (χ2n) is 23.4. The third-order valence-corrected chi connectivity index (χ3v) is 16.7. The molecule has 1 aliphatic heterocycles. The Morgan fingerprint density at radius 3 is 2.25 bits per heavy atom. The van der Waals surface area contributed by atoms with E-state index in [0.717, 1.165) is 84.5 Å². The molecule has 0 radical (unpaired) electrons. The molecule has 2 amide bonds. The topological polar surface area (TPSA) is 173 Å². The molecule has 0 bridgehead atoms. The zero-order valence-electron chi connectivity index (χ0n) is 47.7. The van der Waals surface area contributed by atoms with Crippen LogP contribution in [0, 0.1) is 28.6 Å². The molecule has 5 rings (SSSR count). The van der Waals surface area contributed by atoms with Gasteiger partial charge in [0.2, 0.25) is 11.8 Å². The zero-order chi connectivity index (χ0) is 55.2. The lowest BCUT2D eigenvalue weighted by atomic mass is 9.59. The minimum Gasteiger partial charge on any atom is -0.476 e. The van der Waals surface area contributed by atoms with E-state index in [1.165, 1.54) is 31.3 Å². The number of rotatable bonds is 34. The fraction of sp³-hybridized carbons (Fsp3) is 0.581. The number of carbonyl (C=O) groups is 2. The minimum atomic E-state index is -0.473. The van der Waals surface area contributed by atoms with E-state index in [0.29, 0.717) is 65.0 Å². The largest absolute Gasteiger partial charge is 0.476 e. The number of nitrogens with zero attached hydrogens (tertiary/aromatic N) is 1. The van der Waals surface area contributed by atoms with Crippen molar-refractivity contribution < 1.29 is 14.3 Å². The molecule has 2 saturated carbocycles. The number of hydrogen-bond donors (Lipinski definition) is 9. The number of aromatic nitrogens is 1. The molecule has 2 aliphatic carbocycles. The van der Waals surface area contributed by atoms with Gasteiger partial charge < -0.3 is 57.6 Å². The molecule has 3 fully saturated rings. The monoisotopic (exact) mass is 1030 g/mol. The van der Waals surface area contributed by atoms with E-state index < -0.39 is 5.91 Å². The average molecular weight is 1030 g/mol. The first-order valence-corrected chi connectivity index (χ1v) is 28.0. The fourth-order valence-electron chi connectivity index (χ4n) is 11.8. The lowest BCUT2D eigenvalue weighted by molar-refractivity contribution is -0.120. The van der Waals surface area contributed by atoms with Crippen LogP contribution in [0.1, 0.15) is 139 Å². The normalized spacial score (nSPS) is 23.6. The molecule has 7 unspecified atom stereocenters. The lowest BCUT2D eigenvalue weighted by Gasteiger charge is -2.48. The minimum absolute atomic E-state index is 0.0180. The van der Waals surface area contributed by atoms with Crippen LogP contribution in [0.4, 0.5) is 0 Å². The number of carbonyl (C=O) groups excluding carboxylic acids is 2. The highest BCUT2D eigenvalue weighted by molar-refractivity contribution is 5.83. The van der Waals surface area contributed by atoms with E-state index in [1.807, 2.05) is 25.3 Å². The van der Waals surface area contributed by atoms with Gasteiger partial charge in [0.05, 0.1) is 49.8 Å². The van der Waals surface area contributed by atoms with Crippen LogP contribution >= 0.6 is 0 Å². The number of hydrogen-bond acceptors (Lipinski definition) is 10. The van der Waals surface area contributed by atoms with Gasteiger partial charge in [0, 0.05) is 64.2 Å². The molecule has 0 spiro atoms. The third-order valence-electron chi connectivity index (χ3n) is 16.7. The summed E-state index contributed by atoms with van der Waals surface area (Å²) in [6, 6.07) is 7.14. The number of allylic oxidation sites excluding steroid dienone is 2. The molecular weight excluding hydrogens is 933 g/mol. The van der Waals surface area contributed by atoms with Gasteiger partial charge in [-0.2, -0.15) is 0 Å². The van der Waals surface area contributed by atoms with Gasteiger partial charge in [-0.3, -0.25) is 9.59 Å². The van der Waals surface area contributed by atoms with E-state index >= 15 is 0 Å². The average Bonchev–Trinajstić information content (AvgIpc) is 3.62. The predicted octanol–water partition coefficient (Wildman–Crippen LogP) is 10.2. The van der Waals surface area contributed by atoms with Crippen LogP contribution in [-0.4, -0.2) is 84.2 Å². The van der Waals surface area contributed by atoms with E-state index in [9.17, 15) is 9.59 Å². The Morgan fingerprint density at radius 2 is 1.57 bits per heavy atom. The number of nitrogens with one attached hydrogen (secondary N) is 8. The Morgan fingerprint density at radius 1 is 0.867 bits per heavy atom. The van der Waals surface area contributed by atoms with Crippen LogP contribution < -0.4 is 43.0 Å². The number of fused-ring (bicyclic) bond motifs is 1. The third kappa shape index (κ3) is 16.8. The van der Waals surface area contributed by atoms with Crippen molar-refractivity contribution in [1.82, 2.24) is 47.1 Å². The first-order chi connectivity index (χ1) is 35.5. The SMILES string of the molecule is C=C(NCC(=C)N1CCCC1C(=C)NC(CC(C)C)C(=C)NCC(=O)NC(CCC)C(=C)N[C@@H](Cc1c[nH]c2ccccc12)C(=C)NC(C)C(=C)NCC(N)=O)O[C@@H]1CCC(C)(CC)[C@@H](C2(C)CC2CC=C(C)C)C1. The van der Waals surface area contributed by atoms with Crippen molar-refractivity contribution in [3.05, 3.63) is 134 Å². The number of benzene rings is 1. The van der Waals surface area contributed by atoms with E-state index in [-0.39, 0.29) is 55.3 Å². The van der Waals surface area contributed by atoms with Crippen molar-refractivity contribution in [1.29, 1.82) is 0 Å². The van der Waals surface area contributed by atoms with Gasteiger partial charge >= 0.3 is 0 Å². The summed E-state index contributed by atoms with van der Waals surface area (Å²) in [5, 5.41) is 25.0. The summed E-state index contributed by atoms with van der Waals surface area (Å²) in [6.07, 6.45) is 16.5. The van der Waals surface area contributed by atoms with Crippen LogP contribution in [0.2, 0.25) is 0 Å². The molecule has 75 heavy (non-hydrogen) atoms. The molecule has 10 atom stereocenters. The van der Waals surface area contributed by atoms with Crippen LogP contribution in [0.25, 0.3) is 10.9 Å². The van der Waals surface area contributed by atoms with Crippen LogP contribution in [0.5, 0.6) is 0 Å². The Bertz CT molecular complexity index is 2390. The summed E-state index contributed by atoms with van der Waals surface area (Å²) in [5.41, 5.74) is 14.2. The number of aromatic amines is 1. The Labute approximate surface area is 452 Å². The van der Waals surface area contributed by atoms with Gasteiger partial charge in [0.15, 0.2) is 5.88 Å². The second kappa shape index (κ2) is 27.2. The fourth-order valence-corrected chi connectivity index (χ4v) is 11.8. The van der Waals surface area contributed by atoms with E-state index in [2.05, 4.69) is 167 Å². The molecular formula is C62H98N10O3. The quantitative estimate of drug-likeness (QED) is 0.0243. The van der Waals surface area contributed by atoms with Gasteiger partial charge in [-0.15, -0.1) is 0 Å². The summed E-state index contributed by atoms with van der Waals surface area (Å²) in [6.45, 7) is 52.5. The standard InChI is InChI=1S/C62H98N10O3/c1-17-22-53(45(11)69-56(32-49-36-67-54-24-20-19-23-52(49)54)46(12)68-43(9)42(8)64-37-59(63)73)71-60(74)38-65-44(10)55(31-40(5)6)70-47(13)57-25-21-30-72(57)41(7)35-66-48(14)75-51-28-29-61(15,18-2)58(33-51)62(16)34-50(62)27-26-39(3)4/h19-20,23-24,26,36,40,43,50-51,53,55-58,64-70H,7-8,10-14,17-18,21-22,25,27-35,37-38H2,1-6,9,15-16H3,(H2,63,73)(H,71,74)/t43?,50?,51-,53?,55?,56+,57?,58+,61?,62?/m1/s1. The number of amides is 2. The number of likely N-dealkylation sites (tertiary alicyclic amines) is 1. The molecule has 3 aliphatic rings. The van der Waals surface area contributed by atoms with Gasteiger partial charge in [0.25, 0.3) is 0 Å². The van der Waals surface area contributed by atoms with Crippen LogP contribution in [0.15, 0.2) is 128 Å². The van der Waals surface area contributed by atoms with Crippen molar-refractivity contribution in [2.24, 2.45) is 34.3 Å². The summed E-state index contributed by atoms with van der Waals surface area (Å²) >= 11 is 0. The number of para-hydroxylation sites is 1. The number of H-pyrrole nitrogens is 1. The summed E-state index contributed by atoms with van der Waals surface area (Å²) in [4.78, 5) is 31.0. The Hall–Kier alpha value is -5.98. The molecule has 1 saturated heterocycles. The maximum atomic E-state index is 13.8. The summed E-state index contributed by atoms with van der Waals surface area (Å²) < 4.78 is 6.61. The molecule has 1 aromatic carbocycles. The van der Waals surface area contributed by atoms with Crippen molar-refractivity contribution >= 4 is 22.7 Å². The highest BCUT2D eigenvalue weighted by Crippen LogP contribution is 2.67.